The molecule has 1 aromatic carbocycles. The van der Waals surface area contributed by atoms with Gasteiger partial charge in [-0.2, -0.15) is 0 Å². The number of aliphatic hydroxyl groups is 1. The van der Waals surface area contributed by atoms with Gasteiger partial charge in [0, 0.05) is 53.6 Å². The van der Waals surface area contributed by atoms with Crippen LogP contribution in [0.25, 0.3) is 10.9 Å². The van der Waals surface area contributed by atoms with Crippen LogP contribution in [0.3, 0.4) is 0 Å². The number of H-pyrrole nitrogens is 1. The topological polar surface area (TPSA) is 77.6 Å². The van der Waals surface area contributed by atoms with Crippen LogP contribution in [0.5, 0.6) is 5.75 Å². The second kappa shape index (κ2) is 5.22. The van der Waals surface area contributed by atoms with Gasteiger partial charge in [0.15, 0.2) is 0 Å². The number of methoxy groups -OCH3 is 1. The van der Waals surface area contributed by atoms with Gasteiger partial charge in [-0.25, -0.2) is 0 Å². The van der Waals surface area contributed by atoms with Crippen LogP contribution >= 0.6 is 0 Å². The normalized spacial score (nSPS) is 24.2. The Balaban J connectivity index is 1.57. The van der Waals surface area contributed by atoms with E-state index in [2.05, 4.69) is 16.4 Å². The lowest BCUT2D eigenvalue weighted by Gasteiger charge is -2.53. The Hall–Kier alpha value is -2.05. The Kier molecular flexibility index (Phi) is 3.18. The van der Waals surface area contributed by atoms with Gasteiger partial charge in [-0.15, -0.1) is 0 Å². The third-order valence-electron chi connectivity index (χ3n) is 6.01. The van der Waals surface area contributed by atoms with E-state index in [1.54, 1.807) is 7.11 Å². The third kappa shape index (κ3) is 2.14. The second-order valence-corrected chi connectivity index (χ2v) is 7.69. The molecule has 1 aromatic heterocycles. The molecule has 1 saturated heterocycles. The molecule has 6 heteroatoms. The van der Waals surface area contributed by atoms with Crippen LogP contribution in [-0.4, -0.2) is 54.2 Å². The smallest absolute Gasteiger partial charge is 0.225 e. The van der Waals surface area contributed by atoms with Gasteiger partial charge >= 0.3 is 0 Å². The summed E-state index contributed by atoms with van der Waals surface area (Å²) in [5.41, 5.74) is 3.29. The van der Waals surface area contributed by atoms with Crippen molar-refractivity contribution in [2.24, 2.45) is 5.92 Å². The van der Waals surface area contributed by atoms with Crippen LogP contribution in [0.2, 0.25) is 0 Å². The molecule has 1 saturated carbocycles. The highest BCUT2D eigenvalue weighted by Crippen LogP contribution is 2.46. The van der Waals surface area contributed by atoms with Crippen LogP contribution in [0.4, 0.5) is 0 Å². The molecule has 0 unspecified atom stereocenters. The lowest BCUT2D eigenvalue weighted by Crippen LogP contribution is -2.67. The first-order valence-electron chi connectivity index (χ1n) is 8.98. The maximum Gasteiger partial charge on any atom is 0.225 e. The Morgan fingerprint density at radius 3 is 2.88 bits per heavy atom. The van der Waals surface area contributed by atoms with Gasteiger partial charge in [0.05, 0.1) is 19.8 Å². The van der Waals surface area contributed by atoms with Crippen molar-refractivity contribution in [3.8, 4) is 5.75 Å². The molecule has 25 heavy (non-hydrogen) atoms. The van der Waals surface area contributed by atoms with Gasteiger partial charge in [0.2, 0.25) is 5.91 Å². The number of aliphatic hydroxyl groups excluding tert-OH is 1. The molecule has 3 aliphatic rings. The summed E-state index contributed by atoms with van der Waals surface area (Å²) in [5, 5.41) is 14.4. The molecule has 3 N–H and O–H groups in total. The van der Waals surface area contributed by atoms with Crippen molar-refractivity contribution in [1.82, 2.24) is 15.2 Å². The Morgan fingerprint density at radius 2 is 2.20 bits per heavy atom. The minimum Gasteiger partial charge on any atom is -0.497 e. The van der Waals surface area contributed by atoms with Gasteiger partial charge in [-0.3, -0.25) is 4.79 Å². The quantitative estimate of drug-likeness (QED) is 0.786. The Labute approximate surface area is 146 Å². The van der Waals surface area contributed by atoms with Crippen LogP contribution in [0, 0.1) is 5.92 Å². The molecule has 1 spiro atoms. The summed E-state index contributed by atoms with van der Waals surface area (Å²) in [6.45, 7) is 2.37. The van der Waals surface area contributed by atoms with Crippen molar-refractivity contribution in [3.63, 3.8) is 0 Å². The highest BCUT2D eigenvalue weighted by Gasteiger charge is 2.53. The number of hydrogen-bond acceptors (Lipinski definition) is 4. The van der Waals surface area contributed by atoms with Gasteiger partial charge in [-0.1, -0.05) is 0 Å². The maximum atomic E-state index is 12.4. The standard InChI is InChI=1S/C19H23N3O3/c1-25-12-4-5-13-14(6-12)21-17-15(7-23)20-8-19(16(13)17)9-22(10-19)18(24)11-2-3-11/h4-6,11,15,20-21,23H,2-3,7-10H2,1H3/t15-/m0/s1. The number of likely N-dealkylation sites (tertiary alicyclic amines) is 1. The second-order valence-electron chi connectivity index (χ2n) is 7.69. The number of hydrogen-bond donors (Lipinski definition) is 3. The molecule has 2 aliphatic heterocycles. The molecule has 5 rings (SSSR count). The Morgan fingerprint density at radius 1 is 1.40 bits per heavy atom. The van der Waals surface area contributed by atoms with E-state index in [9.17, 15) is 9.90 Å². The van der Waals surface area contributed by atoms with Crippen molar-refractivity contribution >= 4 is 16.8 Å². The van der Waals surface area contributed by atoms with E-state index in [0.717, 1.165) is 49.4 Å². The molecule has 132 valence electrons. The summed E-state index contributed by atoms with van der Waals surface area (Å²) in [7, 11) is 1.66. The minimum atomic E-state index is -0.0906. The first-order chi connectivity index (χ1) is 12.1. The molecule has 6 nitrogen and oxygen atoms in total. The van der Waals surface area contributed by atoms with E-state index in [0.29, 0.717) is 5.91 Å². The molecule has 3 heterocycles. The van der Waals surface area contributed by atoms with Crippen LogP contribution in [0.15, 0.2) is 18.2 Å². The summed E-state index contributed by atoms with van der Waals surface area (Å²) in [6, 6.07) is 5.98. The van der Waals surface area contributed by atoms with Gasteiger partial charge in [0.1, 0.15) is 5.75 Å². The van der Waals surface area contributed by atoms with Crippen LogP contribution < -0.4 is 10.1 Å². The summed E-state index contributed by atoms with van der Waals surface area (Å²) < 4.78 is 5.34. The van der Waals surface area contributed by atoms with E-state index in [1.807, 2.05) is 17.0 Å². The number of benzene rings is 1. The number of nitrogens with one attached hydrogen (secondary N) is 2. The highest BCUT2D eigenvalue weighted by molar-refractivity contribution is 5.89. The number of ether oxygens (including phenoxy) is 1. The molecule has 1 amide bonds. The molecule has 0 radical (unpaired) electrons. The predicted molar refractivity (Wildman–Crippen MR) is 93.7 cm³/mol. The van der Waals surface area contributed by atoms with Crippen molar-refractivity contribution in [1.29, 1.82) is 0 Å². The lowest BCUT2D eigenvalue weighted by atomic mass is 9.69. The number of aromatic amines is 1. The number of nitrogens with zero attached hydrogens (tertiary/aromatic N) is 1. The van der Waals surface area contributed by atoms with E-state index >= 15 is 0 Å². The fraction of sp³-hybridized carbons (Fsp3) is 0.526. The van der Waals surface area contributed by atoms with E-state index < -0.39 is 0 Å². The summed E-state index contributed by atoms with van der Waals surface area (Å²) in [6.07, 6.45) is 2.09. The molecular formula is C19H23N3O3. The van der Waals surface area contributed by atoms with Gasteiger partial charge in [0.25, 0.3) is 0 Å². The van der Waals surface area contributed by atoms with E-state index in [1.165, 1.54) is 10.9 Å². The molecule has 1 aliphatic carbocycles. The number of carbonyl (C=O) groups excluding carboxylic acids is 1. The summed E-state index contributed by atoms with van der Waals surface area (Å²) in [4.78, 5) is 17.9. The van der Waals surface area contributed by atoms with E-state index in [4.69, 9.17) is 4.74 Å². The van der Waals surface area contributed by atoms with Gasteiger partial charge in [-0.05, 0) is 30.5 Å². The number of aromatic nitrogens is 1. The minimum absolute atomic E-state index is 0.0533. The summed E-state index contributed by atoms with van der Waals surface area (Å²) in [5.74, 6) is 1.40. The lowest BCUT2D eigenvalue weighted by molar-refractivity contribution is -0.140. The zero-order valence-electron chi connectivity index (χ0n) is 14.3. The first-order valence-corrected chi connectivity index (χ1v) is 8.98. The number of fused-ring (bicyclic) bond motifs is 4. The number of carbonyl (C=O) groups is 1. The third-order valence-corrected chi connectivity index (χ3v) is 6.01. The Bertz CT molecular complexity index is 849. The number of amides is 1. The van der Waals surface area contributed by atoms with Crippen LogP contribution in [0.1, 0.15) is 30.1 Å². The van der Waals surface area contributed by atoms with Crippen molar-refractivity contribution in [2.45, 2.75) is 24.3 Å². The summed E-state index contributed by atoms with van der Waals surface area (Å²) >= 11 is 0. The van der Waals surface area contributed by atoms with Gasteiger partial charge < -0.3 is 25.0 Å². The molecule has 0 bridgehead atoms. The molecule has 2 aromatic rings. The van der Waals surface area contributed by atoms with Crippen molar-refractivity contribution in [3.05, 3.63) is 29.5 Å². The predicted octanol–water partition coefficient (Wildman–Crippen LogP) is 1.30. The average Bonchev–Trinajstić information content (AvgIpc) is 3.38. The zero-order chi connectivity index (χ0) is 17.2. The molecule has 2 fully saturated rings. The van der Waals surface area contributed by atoms with Crippen molar-refractivity contribution < 1.29 is 14.6 Å². The zero-order valence-corrected chi connectivity index (χ0v) is 14.3. The van der Waals surface area contributed by atoms with Crippen molar-refractivity contribution in [2.75, 3.05) is 33.4 Å². The maximum absolute atomic E-state index is 12.4. The monoisotopic (exact) mass is 341 g/mol. The van der Waals surface area contributed by atoms with Crippen LogP contribution in [-0.2, 0) is 10.2 Å². The largest absolute Gasteiger partial charge is 0.497 e. The molecule has 1 atom stereocenters. The first kappa shape index (κ1) is 15.2. The van der Waals surface area contributed by atoms with E-state index in [-0.39, 0.29) is 24.0 Å². The molecular weight excluding hydrogens is 318 g/mol. The highest BCUT2D eigenvalue weighted by atomic mass is 16.5. The average molecular weight is 341 g/mol. The fourth-order valence-electron chi connectivity index (χ4n) is 4.52. The SMILES string of the molecule is COc1ccc2c3c([nH]c2c1)[C@H](CO)NCC31CN(C(=O)C2CC2)C1. The fourth-order valence-corrected chi connectivity index (χ4v) is 4.52. The number of rotatable bonds is 3.